The maximum atomic E-state index is 13.3. The number of fused-ring (bicyclic) bond motifs is 1. The molecule has 2 heterocycles. The predicted octanol–water partition coefficient (Wildman–Crippen LogP) is 2.73. The van der Waals surface area contributed by atoms with Crippen molar-refractivity contribution < 1.29 is 18.4 Å². The van der Waals surface area contributed by atoms with E-state index in [4.69, 9.17) is 5.21 Å². The summed E-state index contributed by atoms with van der Waals surface area (Å²) in [6.07, 6.45) is 7.92. The van der Waals surface area contributed by atoms with Gasteiger partial charge in [0.15, 0.2) is 0 Å². The first-order chi connectivity index (χ1) is 15.0. The zero-order valence-electron chi connectivity index (χ0n) is 17.4. The highest BCUT2D eigenvalue weighted by Gasteiger charge is 2.28. The normalized spacial score (nSPS) is 19.8. The number of rotatable bonds is 5. The van der Waals surface area contributed by atoms with Gasteiger partial charge in [-0.1, -0.05) is 6.07 Å². The van der Waals surface area contributed by atoms with Crippen molar-refractivity contribution in [2.45, 2.75) is 55.9 Å². The Labute approximate surface area is 182 Å². The first-order valence-electron chi connectivity index (χ1n) is 10.8. The minimum absolute atomic E-state index is 0.0914. The van der Waals surface area contributed by atoms with Crippen LogP contribution in [0.1, 0.15) is 53.6 Å². The Hall–Kier alpha value is -2.49. The average molecular weight is 445 g/mol. The molecule has 1 aromatic heterocycles. The number of nitrogens with zero attached hydrogens (tertiary/aromatic N) is 2. The van der Waals surface area contributed by atoms with Crippen molar-refractivity contribution in [1.82, 2.24) is 14.8 Å². The van der Waals surface area contributed by atoms with Crippen LogP contribution in [-0.4, -0.2) is 48.0 Å². The standard InChI is InChI=1S/C22H28N4O4S/c27-22(25-28)18-8-10-21(23-15-18)24-19-6-3-12-26(13-11-19)31(29,30)20-9-7-16-4-1-2-5-17(16)14-20/h7-10,14-15,19,28H,1-6,11-13H2,(H,23,24)(H,25,27). The van der Waals surface area contributed by atoms with Gasteiger partial charge < -0.3 is 5.32 Å². The molecule has 1 saturated heterocycles. The van der Waals surface area contributed by atoms with Gasteiger partial charge in [-0.25, -0.2) is 18.9 Å². The topological polar surface area (TPSA) is 112 Å². The van der Waals surface area contributed by atoms with Crippen LogP contribution in [-0.2, 0) is 22.9 Å². The van der Waals surface area contributed by atoms with E-state index in [0.717, 1.165) is 32.1 Å². The molecule has 1 unspecified atom stereocenters. The number of sulfonamides is 1. The number of hydrogen-bond donors (Lipinski definition) is 3. The second-order valence-corrected chi connectivity index (χ2v) is 10.1. The third-order valence-corrected chi connectivity index (χ3v) is 8.02. The minimum Gasteiger partial charge on any atom is -0.367 e. The highest BCUT2D eigenvalue weighted by atomic mass is 32.2. The highest BCUT2D eigenvalue weighted by molar-refractivity contribution is 7.89. The van der Waals surface area contributed by atoms with Crippen LogP contribution in [0.25, 0.3) is 0 Å². The molecule has 9 heteroatoms. The second kappa shape index (κ2) is 9.33. The fraction of sp³-hybridized carbons (Fsp3) is 0.455. The fourth-order valence-electron chi connectivity index (χ4n) is 4.36. The van der Waals surface area contributed by atoms with Crippen molar-refractivity contribution >= 4 is 21.7 Å². The summed E-state index contributed by atoms with van der Waals surface area (Å²) < 4.78 is 28.1. The molecule has 0 spiro atoms. The predicted molar refractivity (Wildman–Crippen MR) is 117 cm³/mol. The van der Waals surface area contributed by atoms with Gasteiger partial charge in [-0.05, 0) is 80.3 Å². The number of nitrogens with one attached hydrogen (secondary N) is 2. The number of amides is 1. The van der Waals surface area contributed by atoms with Crippen LogP contribution in [0.2, 0.25) is 0 Å². The smallest absolute Gasteiger partial charge is 0.276 e. The van der Waals surface area contributed by atoms with Crippen LogP contribution in [0.4, 0.5) is 5.82 Å². The zero-order valence-corrected chi connectivity index (χ0v) is 18.2. The van der Waals surface area contributed by atoms with E-state index in [1.165, 1.54) is 23.7 Å². The van der Waals surface area contributed by atoms with Gasteiger partial charge in [0.2, 0.25) is 10.0 Å². The molecule has 8 nitrogen and oxygen atoms in total. The van der Waals surface area contributed by atoms with Crippen molar-refractivity contribution in [1.29, 1.82) is 0 Å². The first kappa shape index (κ1) is 21.7. The van der Waals surface area contributed by atoms with Crippen molar-refractivity contribution in [3.8, 4) is 0 Å². The summed E-state index contributed by atoms with van der Waals surface area (Å²) in [5, 5.41) is 12.0. The number of aryl methyl sites for hydroxylation is 2. The summed E-state index contributed by atoms with van der Waals surface area (Å²) in [5.74, 6) is 0.00188. The van der Waals surface area contributed by atoms with E-state index in [-0.39, 0.29) is 11.6 Å². The van der Waals surface area contributed by atoms with Crippen LogP contribution in [0.15, 0.2) is 41.4 Å². The van der Waals surface area contributed by atoms with Gasteiger partial charge in [0.1, 0.15) is 5.82 Å². The first-order valence-corrected chi connectivity index (χ1v) is 12.2. The summed E-state index contributed by atoms with van der Waals surface area (Å²) in [4.78, 5) is 16.0. The maximum absolute atomic E-state index is 13.3. The van der Waals surface area contributed by atoms with Crippen molar-refractivity contribution in [3.05, 3.63) is 53.2 Å². The largest absolute Gasteiger partial charge is 0.367 e. The Bertz CT molecular complexity index is 1040. The number of hydroxylamine groups is 1. The molecule has 166 valence electrons. The Morgan fingerprint density at radius 2 is 1.84 bits per heavy atom. The summed E-state index contributed by atoms with van der Waals surface area (Å²) in [5.41, 5.74) is 4.29. The highest BCUT2D eigenvalue weighted by Crippen LogP contribution is 2.27. The molecular weight excluding hydrogens is 416 g/mol. The van der Waals surface area contributed by atoms with E-state index in [1.807, 2.05) is 12.1 Å². The molecular formula is C22H28N4O4S. The molecule has 2 aromatic rings. The third kappa shape index (κ3) is 4.89. The number of pyridine rings is 1. The average Bonchev–Trinajstić information content (AvgIpc) is 3.05. The van der Waals surface area contributed by atoms with Crippen molar-refractivity contribution in [3.63, 3.8) is 0 Å². The van der Waals surface area contributed by atoms with Crippen molar-refractivity contribution in [2.24, 2.45) is 0 Å². The molecule has 0 bridgehead atoms. The van der Waals surface area contributed by atoms with Crippen LogP contribution in [0, 0.1) is 0 Å². The van der Waals surface area contributed by atoms with E-state index in [9.17, 15) is 13.2 Å². The molecule has 1 aliphatic carbocycles. The van der Waals surface area contributed by atoms with Gasteiger partial charge in [0, 0.05) is 25.3 Å². The SMILES string of the molecule is O=C(NO)c1ccc(NC2CCCN(S(=O)(=O)c3ccc4c(c3)CCCC4)CC2)nc1. The lowest BCUT2D eigenvalue weighted by Crippen LogP contribution is -2.33. The molecule has 1 aliphatic heterocycles. The molecule has 31 heavy (non-hydrogen) atoms. The van der Waals surface area contributed by atoms with Crippen LogP contribution in [0.5, 0.6) is 0 Å². The van der Waals surface area contributed by atoms with Gasteiger partial charge in [-0.15, -0.1) is 0 Å². The van der Waals surface area contributed by atoms with E-state index in [0.29, 0.717) is 30.2 Å². The molecule has 4 rings (SSSR count). The fourth-order valence-corrected chi connectivity index (χ4v) is 5.91. The molecule has 0 saturated carbocycles. The minimum atomic E-state index is -3.51. The lowest BCUT2D eigenvalue weighted by atomic mass is 9.92. The van der Waals surface area contributed by atoms with Gasteiger partial charge in [-0.2, -0.15) is 4.31 Å². The molecule has 1 atom stereocenters. The molecule has 3 N–H and O–H groups in total. The maximum Gasteiger partial charge on any atom is 0.276 e. The van der Waals surface area contributed by atoms with Crippen LogP contribution in [0.3, 0.4) is 0 Å². The molecule has 1 amide bonds. The lowest BCUT2D eigenvalue weighted by molar-refractivity contribution is 0.0706. The number of anilines is 1. The Balaban J connectivity index is 1.41. The Morgan fingerprint density at radius 1 is 1.03 bits per heavy atom. The number of hydrogen-bond acceptors (Lipinski definition) is 6. The summed E-state index contributed by atoms with van der Waals surface area (Å²) in [6, 6.07) is 8.96. The van der Waals surface area contributed by atoms with E-state index in [2.05, 4.69) is 10.3 Å². The van der Waals surface area contributed by atoms with E-state index in [1.54, 1.807) is 28.0 Å². The van der Waals surface area contributed by atoms with Crippen molar-refractivity contribution in [2.75, 3.05) is 18.4 Å². The molecule has 2 aliphatic rings. The van der Waals surface area contributed by atoms with Gasteiger partial charge in [0.25, 0.3) is 5.91 Å². The monoisotopic (exact) mass is 444 g/mol. The second-order valence-electron chi connectivity index (χ2n) is 8.19. The number of benzene rings is 1. The molecule has 0 radical (unpaired) electrons. The summed E-state index contributed by atoms with van der Waals surface area (Å²) in [6.45, 7) is 0.947. The number of carbonyl (C=O) groups excluding carboxylic acids is 1. The summed E-state index contributed by atoms with van der Waals surface area (Å²) in [7, 11) is -3.51. The molecule has 1 fully saturated rings. The quantitative estimate of drug-likeness (QED) is 0.483. The van der Waals surface area contributed by atoms with Gasteiger partial charge in [-0.3, -0.25) is 10.0 Å². The number of carbonyl (C=O) groups is 1. The van der Waals surface area contributed by atoms with Gasteiger partial charge >= 0.3 is 0 Å². The van der Waals surface area contributed by atoms with Crippen LogP contribution < -0.4 is 10.8 Å². The Morgan fingerprint density at radius 3 is 2.58 bits per heavy atom. The van der Waals surface area contributed by atoms with E-state index >= 15 is 0 Å². The zero-order chi connectivity index (χ0) is 21.8. The lowest BCUT2D eigenvalue weighted by Gasteiger charge is -2.22. The molecule has 1 aromatic carbocycles. The van der Waals surface area contributed by atoms with E-state index < -0.39 is 15.9 Å². The summed E-state index contributed by atoms with van der Waals surface area (Å²) >= 11 is 0. The van der Waals surface area contributed by atoms with Crippen LogP contribution >= 0.6 is 0 Å². The third-order valence-electron chi connectivity index (χ3n) is 6.12. The number of aromatic nitrogens is 1. The Kier molecular flexibility index (Phi) is 6.54. The van der Waals surface area contributed by atoms with Gasteiger partial charge in [0.05, 0.1) is 10.5 Å².